The van der Waals surface area contributed by atoms with Gasteiger partial charge in [-0.15, -0.1) is 0 Å². The molecule has 1 aromatic carbocycles. The van der Waals surface area contributed by atoms with Crippen LogP contribution < -0.4 is 10.5 Å². The Morgan fingerprint density at radius 3 is 2.90 bits per heavy atom. The Bertz CT molecular complexity index is 736. The minimum atomic E-state index is 0.596. The van der Waals surface area contributed by atoms with Crippen molar-refractivity contribution in [2.75, 3.05) is 12.3 Å². The molecule has 3 rings (SSSR count). The summed E-state index contributed by atoms with van der Waals surface area (Å²) in [6.07, 6.45) is 0.700. The summed E-state index contributed by atoms with van der Waals surface area (Å²) in [4.78, 5) is 12.1. The second kappa shape index (κ2) is 5.21. The average molecular weight is 268 g/mol. The van der Waals surface area contributed by atoms with Crippen LogP contribution in [0.4, 0.5) is 5.69 Å². The first-order chi connectivity index (χ1) is 9.74. The number of nitrogens with zero attached hydrogens (tertiary/aromatic N) is 2. The van der Waals surface area contributed by atoms with Crippen LogP contribution >= 0.6 is 0 Å². The number of H-pyrrole nitrogens is 1. The summed E-state index contributed by atoms with van der Waals surface area (Å²) >= 11 is 0. The summed E-state index contributed by atoms with van der Waals surface area (Å²) < 4.78 is 5.38. The lowest BCUT2D eigenvalue weighted by molar-refractivity contribution is 0.328. The molecule has 0 radical (unpaired) electrons. The first-order valence-corrected chi connectivity index (χ1v) is 6.57. The van der Waals surface area contributed by atoms with E-state index >= 15 is 0 Å². The molecule has 0 aliphatic carbocycles. The Hall–Kier alpha value is -2.56. The number of pyridine rings is 1. The van der Waals surface area contributed by atoms with Crippen molar-refractivity contribution in [3.63, 3.8) is 0 Å². The van der Waals surface area contributed by atoms with Gasteiger partial charge in [0, 0.05) is 18.2 Å². The van der Waals surface area contributed by atoms with Gasteiger partial charge in [0.05, 0.1) is 12.1 Å². The number of aromatic amines is 1. The van der Waals surface area contributed by atoms with Crippen molar-refractivity contribution < 1.29 is 4.74 Å². The minimum Gasteiger partial charge on any atom is -0.478 e. The van der Waals surface area contributed by atoms with Crippen molar-refractivity contribution in [2.45, 2.75) is 13.3 Å². The van der Waals surface area contributed by atoms with E-state index in [0.717, 1.165) is 22.6 Å². The van der Waals surface area contributed by atoms with Crippen LogP contribution in [0.15, 0.2) is 36.4 Å². The summed E-state index contributed by atoms with van der Waals surface area (Å²) in [5.74, 6) is 1.47. The van der Waals surface area contributed by atoms with Gasteiger partial charge in [-0.05, 0) is 30.7 Å². The molecule has 2 aromatic heterocycles. The van der Waals surface area contributed by atoms with Gasteiger partial charge in [-0.25, -0.2) is 4.98 Å². The molecule has 20 heavy (non-hydrogen) atoms. The van der Waals surface area contributed by atoms with Gasteiger partial charge in [-0.3, -0.25) is 0 Å². The molecular formula is C15H16N4O. The largest absolute Gasteiger partial charge is 0.478 e. The van der Waals surface area contributed by atoms with Crippen molar-refractivity contribution in [1.29, 1.82) is 0 Å². The Balaban J connectivity index is 1.89. The number of hydrogen-bond acceptors (Lipinski definition) is 4. The van der Waals surface area contributed by atoms with Crippen molar-refractivity contribution in [3.05, 3.63) is 47.8 Å². The summed E-state index contributed by atoms with van der Waals surface area (Å²) in [6, 6.07) is 11.6. The van der Waals surface area contributed by atoms with Crippen molar-refractivity contribution in [3.8, 4) is 5.88 Å². The van der Waals surface area contributed by atoms with Crippen LogP contribution in [0.1, 0.15) is 18.3 Å². The number of benzene rings is 1. The number of fused-ring (bicyclic) bond motifs is 1. The Morgan fingerprint density at radius 2 is 2.10 bits per heavy atom. The molecule has 0 unspecified atom stereocenters. The number of hydrogen-bond donors (Lipinski definition) is 2. The highest BCUT2D eigenvalue weighted by Gasteiger charge is 2.06. The van der Waals surface area contributed by atoms with Crippen LogP contribution in [0.2, 0.25) is 0 Å². The Labute approximate surface area is 116 Å². The molecule has 102 valence electrons. The highest BCUT2D eigenvalue weighted by Crippen LogP contribution is 2.17. The van der Waals surface area contributed by atoms with Crippen molar-refractivity contribution >= 4 is 16.9 Å². The smallest absolute Gasteiger partial charge is 0.215 e. The molecule has 0 saturated carbocycles. The Morgan fingerprint density at radius 1 is 1.20 bits per heavy atom. The van der Waals surface area contributed by atoms with Crippen LogP contribution in [-0.2, 0) is 6.42 Å². The number of aromatic nitrogens is 3. The fraction of sp³-hybridized carbons (Fsp3) is 0.200. The lowest BCUT2D eigenvalue weighted by Gasteiger charge is -1.99. The maximum Gasteiger partial charge on any atom is 0.215 e. The molecule has 0 atom stereocenters. The molecule has 0 aliphatic rings. The standard InChI is InChI=1S/C15H16N4O/c1-2-20-14-7-6-12-15(19-14)18-13(17-12)9-10-4-3-5-11(16)8-10/h3-8H,2,9,16H2,1H3,(H,17,18,19). The predicted octanol–water partition coefficient (Wildman–Crippen LogP) is 2.53. The van der Waals surface area contributed by atoms with Gasteiger partial charge in [0.2, 0.25) is 5.88 Å². The second-order valence-electron chi connectivity index (χ2n) is 4.56. The first-order valence-electron chi connectivity index (χ1n) is 6.57. The molecule has 3 N–H and O–H groups in total. The molecule has 0 aliphatic heterocycles. The number of rotatable bonds is 4. The number of nitrogens with one attached hydrogen (secondary N) is 1. The third-order valence-electron chi connectivity index (χ3n) is 2.98. The van der Waals surface area contributed by atoms with Crippen molar-refractivity contribution in [2.24, 2.45) is 0 Å². The van der Waals surface area contributed by atoms with E-state index in [9.17, 15) is 0 Å². The molecule has 5 heteroatoms. The molecular weight excluding hydrogens is 252 g/mol. The molecule has 0 amide bonds. The second-order valence-corrected chi connectivity index (χ2v) is 4.56. The highest BCUT2D eigenvalue weighted by atomic mass is 16.5. The number of imidazole rings is 1. The quantitative estimate of drug-likeness (QED) is 0.713. The molecule has 0 spiro atoms. The maximum absolute atomic E-state index is 5.78. The normalized spacial score (nSPS) is 10.8. The highest BCUT2D eigenvalue weighted by molar-refractivity contribution is 5.71. The lowest BCUT2D eigenvalue weighted by Crippen LogP contribution is -1.94. The zero-order valence-corrected chi connectivity index (χ0v) is 11.3. The van der Waals surface area contributed by atoms with E-state index in [2.05, 4.69) is 15.0 Å². The van der Waals surface area contributed by atoms with Crippen LogP contribution in [0.5, 0.6) is 5.88 Å². The lowest BCUT2D eigenvalue weighted by atomic mass is 10.1. The summed E-state index contributed by atoms with van der Waals surface area (Å²) in [7, 11) is 0. The van der Waals surface area contributed by atoms with Crippen LogP contribution in [0.25, 0.3) is 11.2 Å². The molecule has 5 nitrogen and oxygen atoms in total. The van der Waals surface area contributed by atoms with Crippen molar-refractivity contribution in [1.82, 2.24) is 15.0 Å². The molecule has 3 aromatic rings. The molecule has 0 bridgehead atoms. The van der Waals surface area contributed by atoms with Gasteiger partial charge in [0.25, 0.3) is 0 Å². The molecule has 0 fully saturated rings. The summed E-state index contributed by atoms with van der Waals surface area (Å²) in [6.45, 7) is 2.53. The monoisotopic (exact) mass is 268 g/mol. The molecule has 2 heterocycles. The third kappa shape index (κ3) is 2.56. The fourth-order valence-electron chi connectivity index (χ4n) is 2.13. The number of anilines is 1. The van der Waals surface area contributed by atoms with E-state index in [1.165, 1.54) is 0 Å². The number of ether oxygens (including phenoxy) is 1. The predicted molar refractivity (Wildman–Crippen MR) is 78.7 cm³/mol. The fourth-order valence-corrected chi connectivity index (χ4v) is 2.13. The number of nitrogens with two attached hydrogens (primary N) is 1. The van der Waals surface area contributed by atoms with E-state index in [1.54, 1.807) is 0 Å². The first kappa shape index (κ1) is 12.5. The zero-order chi connectivity index (χ0) is 13.9. The van der Waals surface area contributed by atoms with E-state index in [1.807, 2.05) is 43.3 Å². The van der Waals surface area contributed by atoms with Gasteiger partial charge >= 0.3 is 0 Å². The van der Waals surface area contributed by atoms with Gasteiger partial charge < -0.3 is 15.5 Å². The van der Waals surface area contributed by atoms with E-state index in [4.69, 9.17) is 10.5 Å². The molecule has 0 saturated heterocycles. The maximum atomic E-state index is 5.78. The van der Waals surface area contributed by atoms with E-state index < -0.39 is 0 Å². The van der Waals surface area contributed by atoms with E-state index in [0.29, 0.717) is 24.6 Å². The van der Waals surface area contributed by atoms with Crippen LogP contribution in [0, 0.1) is 0 Å². The minimum absolute atomic E-state index is 0.596. The van der Waals surface area contributed by atoms with Crippen LogP contribution in [0.3, 0.4) is 0 Å². The summed E-state index contributed by atoms with van der Waals surface area (Å²) in [5.41, 5.74) is 9.25. The third-order valence-corrected chi connectivity index (χ3v) is 2.98. The SMILES string of the molecule is CCOc1ccc2[nH]c(Cc3cccc(N)c3)nc2n1. The van der Waals surface area contributed by atoms with Gasteiger partial charge in [0.1, 0.15) is 5.82 Å². The Kier molecular flexibility index (Phi) is 3.25. The van der Waals surface area contributed by atoms with Gasteiger partial charge in [0.15, 0.2) is 5.65 Å². The summed E-state index contributed by atoms with van der Waals surface area (Å²) in [5, 5.41) is 0. The van der Waals surface area contributed by atoms with Gasteiger partial charge in [-0.2, -0.15) is 4.98 Å². The van der Waals surface area contributed by atoms with E-state index in [-0.39, 0.29) is 0 Å². The average Bonchev–Trinajstić information content (AvgIpc) is 2.80. The zero-order valence-electron chi connectivity index (χ0n) is 11.3. The van der Waals surface area contributed by atoms with Gasteiger partial charge in [-0.1, -0.05) is 12.1 Å². The number of nitrogen functional groups attached to an aromatic ring is 1. The van der Waals surface area contributed by atoms with Crippen LogP contribution in [-0.4, -0.2) is 21.6 Å². The topological polar surface area (TPSA) is 76.8 Å².